The number of benzene rings is 3. The third-order valence-corrected chi connectivity index (χ3v) is 7.08. The summed E-state index contributed by atoms with van der Waals surface area (Å²) < 4.78 is 23.6. The Morgan fingerprint density at radius 3 is 2.63 bits per heavy atom. The van der Waals surface area contributed by atoms with Crippen LogP contribution in [-0.2, 0) is 6.42 Å². The minimum atomic E-state index is -0.273. The van der Waals surface area contributed by atoms with Gasteiger partial charge >= 0.3 is 0 Å². The van der Waals surface area contributed by atoms with Gasteiger partial charge in [-0.1, -0.05) is 18.2 Å². The Labute approximate surface area is 207 Å². The SMILES string of the molecule is COc1ccc(C(=O)NC[C@@H]2Cc3cc(C)cc(-c4nc5ccccc5s4)c3O2)c(OC)c1OC. The van der Waals surface area contributed by atoms with Crippen molar-refractivity contribution in [1.29, 1.82) is 0 Å². The van der Waals surface area contributed by atoms with Gasteiger partial charge in [0.2, 0.25) is 5.75 Å². The van der Waals surface area contributed by atoms with E-state index < -0.39 is 0 Å². The zero-order valence-electron chi connectivity index (χ0n) is 20.0. The van der Waals surface area contributed by atoms with Crippen molar-refractivity contribution >= 4 is 27.5 Å². The van der Waals surface area contributed by atoms with Crippen LogP contribution >= 0.6 is 11.3 Å². The summed E-state index contributed by atoms with van der Waals surface area (Å²) in [5.41, 5.74) is 4.63. The summed E-state index contributed by atoms with van der Waals surface area (Å²) in [4.78, 5) is 17.8. The predicted octanol–water partition coefficient (Wildman–Crippen LogP) is 5.03. The zero-order valence-corrected chi connectivity index (χ0v) is 20.8. The van der Waals surface area contributed by atoms with Crippen LogP contribution in [0.5, 0.6) is 23.0 Å². The van der Waals surface area contributed by atoms with Crippen LogP contribution in [0.1, 0.15) is 21.5 Å². The highest BCUT2D eigenvalue weighted by Crippen LogP contribution is 2.43. The summed E-state index contributed by atoms with van der Waals surface area (Å²) in [5.74, 6) is 1.77. The standard InChI is InChI=1S/C27H26N2O5S/c1-15-11-16-13-17(14-28-26(30)18-9-10-21(31-2)25(33-4)24(18)32-3)34-23(16)19(12-15)27-29-20-7-5-6-8-22(20)35-27/h5-12,17H,13-14H2,1-4H3,(H,28,30)/t17-/m0/s1. The highest BCUT2D eigenvalue weighted by Gasteiger charge is 2.29. The zero-order chi connectivity index (χ0) is 24.5. The molecule has 7 nitrogen and oxygen atoms in total. The fourth-order valence-electron chi connectivity index (χ4n) is 4.43. The second-order valence-electron chi connectivity index (χ2n) is 8.32. The van der Waals surface area contributed by atoms with E-state index in [-0.39, 0.29) is 12.0 Å². The molecule has 1 amide bonds. The molecule has 0 unspecified atom stereocenters. The minimum absolute atomic E-state index is 0.185. The molecule has 0 fully saturated rings. The molecular formula is C27H26N2O5S. The van der Waals surface area contributed by atoms with E-state index in [4.69, 9.17) is 23.9 Å². The van der Waals surface area contributed by atoms with E-state index in [9.17, 15) is 4.79 Å². The van der Waals surface area contributed by atoms with E-state index in [2.05, 4.69) is 30.4 Å². The average molecular weight is 491 g/mol. The topological polar surface area (TPSA) is 78.9 Å². The Morgan fingerprint density at radius 1 is 1.09 bits per heavy atom. The maximum absolute atomic E-state index is 13.0. The van der Waals surface area contributed by atoms with E-state index >= 15 is 0 Å². The average Bonchev–Trinajstić information content (AvgIpc) is 3.49. The number of aromatic nitrogens is 1. The number of thiazole rings is 1. The first-order valence-corrected chi connectivity index (χ1v) is 12.1. The van der Waals surface area contributed by atoms with E-state index in [1.807, 2.05) is 18.2 Å². The van der Waals surface area contributed by atoms with Crippen LogP contribution in [0.4, 0.5) is 0 Å². The van der Waals surface area contributed by atoms with E-state index in [0.717, 1.165) is 37.7 Å². The van der Waals surface area contributed by atoms with Gasteiger partial charge in [-0.15, -0.1) is 11.3 Å². The summed E-state index contributed by atoms with van der Waals surface area (Å²) in [6, 6.07) is 15.7. The van der Waals surface area contributed by atoms with Crippen LogP contribution in [0.25, 0.3) is 20.8 Å². The molecular weight excluding hydrogens is 464 g/mol. The second-order valence-corrected chi connectivity index (χ2v) is 9.35. The Kier molecular flexibility index (Phi) is 6.21. The quantitative estimate of drug-likeness (QED) is 0.391. The van der Waals surface area contributed by atoms with Crippen molar-refractivity contribution in [2.45, 2.75) is 19.4 Å². The first-order valence-electron chi connectivity index (χ1n) is 11.3. The number of carbonyl (C=O) groups excluding carboxylic acids is 1. The molecule has 35 heavy (non-hydrogen) atoms. The minimum Gasteiger partial charge on any atom is -0.493 e. The molecule has 1 aliphatic rings. The van der Waals surface area contributed by atoms with Gasteiger partial charge in [-0.2, -0.15) is 0 Å². The van der Waals surface area contributed by atoms with Gasteiger partial charge in [0, 0.05) is 6.42 Å². The summed E-state index contributed by atoms with van der Waals surface area (Å²) in [5, 5.41) is 3.92. The van der Waals surface area contributed by atoms with Crippen molar-refractivity contribution in [1.82, 2.24) is 10.3 Å². The molecule has 3 aromatic carbocycles. The lowest BCUT2D eigenvalue weighted by atomic mass is 10.0. The van der Waals surface area contributed by atoms with Gasteiger partial charge in [0.25, 0.3) is 5.91 Å². The van der Waals surface area contributed by atoms with Crippen LogP contribution in [0.2, 0.25) is 0 Å². The van der Waals surface area contributed by atoms with Gasteiger partial charge in [0.05, 0.1) is 49.2 Å². The number of rotatable bonds is 7. The summed E-state index contributed by atoms with van der Waals surface area (Å²) in [6.45, 7) is 2.43. The molecule has 0 spiro atoms. The summed E-state index contributed by atoms with van der Waals surface area (Å²) in [7, 11) is 4.55. The lowest BCUT2D eigenvalue weighted by molar-refractivity contribution is 0.0930. The first-order chi connectivity index (χ1) is 17.0. The fourth-order valence-corrected chi connectivity index (χ4v) is 5.41. The molecule has 0 saturated carbocycles. The molecule has 0 saturated heterocycles. The number of methoxy groups -OCH3 is 3. The van der Waals surface area contributed by atoms with Crippen LogP contribution < -0.4 is 24.3 Å². The monoisotopic (exact) mass is 490 g/mol. The Bertz CT molecular complexity index is 1380. The van der Waals surface area contributed by atoms with Gasteiger partial charge in [-0.25, -0.2) is 4.98 Å². The first kappa shape index (κ1) is 23.0. The van der Waals surface area contributed by atoms with Gasteiger partial charge in [0.1, 0.15) is 16.9 Å². The molecule has 0 bridgehead atoms. The lowest BCUT2D eigenvalue weighted by Crippen LogP contribution is -2.34. The molecule has 8 heteroatoms. The van der Waals surface area contributed by atoms with Crippen molar-refractivity contribution < 1.29 is 23.7 Å². The van der Waals surface area contributed by atoms with Crippen LogP contribution in [0.15, 0.2) is 48.5 Å². The maximum Gasteiger partial charge on any atom is 0.255 e. The number of amides is 1. The number of aryl methyl sites for hydroxylation is 1. The van der Waals surface area contributed by atoms with Gasteiger partial charge < -0.3 is 24.3 Å². The van der Waals surface area contributed by atoms with Gasteiger partial charge in [0.15, 0.2) is 11.5 Å². The number of nitrogens with one attached hydrogen (secondary N) is 1. The van der Waals surface area contributed by atoms with E-state index in [0.29, 0.717) is 35.8 Å². The molecule has 1 atom stereocenters. The third kappa shape index (κ3) is 4.25. The predicted molar refractivity (Wildman–Crippen MR) is 136 cm³/mol. The second kappa shape index (κ2) is 9.46. The number of carbonyl (C=O) groups is 1. The van der Waals surface area contributed by atoms with Crippen molar-refractivity contribution in [2.24, 2.45) is 0 Å². The molecule has 0 radical (unpaired) electrons. The normalized spacial score (nSPS) is 14.3. The van der Waals surface area contributed by atoms with Gasteiger partial charge in [-0.05, 0) is 48.4 Å². The van der Waals surface area contributed by atoms with Crippen LogP contribution in [0.3, 0.4) is 0 Å². The smallest absolute Gasteiger partial charge is 0.255 e. The molecule has 180 valence electrons. The van der Waals surface area contributed by atoms with Crippen LogP contribution in [0, 0.1) is 6.92 Å². The molecule has 1 aliphatic heterocycles. The Morgan fingerprint density at radius 2 is 1.89 bits per heavy atom. The number of ether oxygens (including phenoxy) is 4. The number of nitrogens with zero attached hydrogens (tertiary/aromatic N) is 1. The Balaban J connectivity index is 1.35. The summed E-state index contributed by atoms with van der Waals surface area (Å²) >= 11 is 1.66. The number of hydrogen-bond acceptors (Lipinski definition) is 7. The Hall–Kier alpha value is -3.78. The maximum atomic E-state index is 13.0. The highest BCUT2D eigenvalue weighted by atomic mass is 32.1. The van der Waals surface area contributed by atoms with Crippen molar-refractivity contribution in [3.05, 3.63) is 65.2 Å². The number of hydrogen-bond donors (Lipinski definition) is 1. The van der Waals surface area contributed by atoms with Crippen molar-refractivity contribution in [3.63, 3.8) is 0 Å². The molecule has 4 aromatic rings. The number of para-hydroxylation sites is 1. The van der Waals surface area contributed by atoms with Crippen molar-refractivity contribution in [3.8, 4) is 33.6 Å². The van der Waals surface area contributed by atoms with Gasteiger partial charge in [-0.3, -0.25) is 4.79 Å². The van der Waals surface area contributed by atoms with E-state index in [1.165, 1.54) is 21.3 Å². The molecule has 2 heterocycles. The molecule has 5 rings (SSSR count). The van der Waals surface area contributed by atoms with E-state index in [1.54, 1.807) is 23.5 Å². The molecule has 0 aliphatic carbocycles. The molecule has 1 aromatic heterocycles. The van der Waals surface area contributed by atoms with Crippen LogP contribution in [-0.4, -0.2) is 44.9 Å². The summed E-state index contributed by atoms with van der Waals surface area (Å²) in [6.07, 6.45) is 0.521. The fraction of sp³-hybridized carbons (Fsp3) is 0.259. The molecule has 1 N–H and O–H groups in total. The largest absolute Gasteiger partial charge is 0.493 e. The number of fused-ring (bicyclic) bond motifs is 2. The lowest BCUT2D eigenvalue weighted by Gasteiger charge is -2.17. The highest BCUT2D eigenvalue weighted by molar-refractivity contribution is 7.21. The third-order valence-electron chi connectivity index (χ3n) is 6.01. The van der Waals surface area contributed by atoms with Crippen molar-refractivity contribution in [2.75, 3.05) is 27.9 Å².